The van der Waals surface area contributed by atoms with E-state index < -0.39 is 9.84 Å². The van der Waals surface area contributed by atoms with Crippen LogP contribution in [0.1, 0.15) is 50.8 Å². The first-order valence-corrected chi connectivity index (χ1v) is 9.23. The Balaban J connectivity index is 2.03. The van der Waals surface area contributed by atoms with Crippen LogP contribution in [0.4, 0.5) is 0 Å². The Bertz CT molecular complexity index is 550. The van der Waals surface area contributed by atoms with Crippen molar-refractivity contribution in [1.29, 1.82) is 0 Å². The van der Waals surface area contributed by atoms with Gasteiger partial charge in [0.25, 0.3) is 0 Å². The topological polar surface area (TPSA) is 46.2 Å². The first-order chi connectivity index (χ1) is 9.34. The van der Waals surface area contributed by atoms with E-state index in [-0.39, 0.29) is 17.3 Å². The molecule has 20 heavy (non-hydrogen) atoms. The van der Waals surface area contributed by atoms with Crippen molar-refractivity contribution in [2.75, 3.05) is 11.5 Å². The highest BCUT2D eigenvalue weighted by Gasteiger charge is 2.38. The van der Waals surface area contributed by atoms with Gasteiger partial charge in [-0.15, -0.1) is 0 Å². The number of benzene rings is 1. The molecule has 0 amide bonds. The lowest BCUT2D eigenvalue weighted by molar-refractivity contribution is 0.355. The third-order valence-corrected chi connectivity index (χ3v) is 5.99. The van der Waals surface area contributed by atoms with Crippen molar-refractivity contribution in [3.8, 4) is 0 Å². The van der Waals surface area contributed by atoms with E-state index >= 15 is 0 Å². The van der Waals surface area contributed by atoms with Crippen LogP contribution in [0, 0.1) is 0 Å². The van der Waals surface area contributed by atoms with Gasteiger partial charge in [-0.1, -0.05) is 37.6 Å². The van der Waals surface area contributed by atoms with E-state index in [1.807, 2.05) is 6.92 Å². The van der Waals surface area contributed by atoms with Crippen molar-refractivity contribution in [3.05, 3.63) is 35.4 Å². The maximum absolute atomic E-state index is 11.6. The van der Waals surface area contributed by atoms with Gasteiger partial charge in [-0.3, -0.25) is 0 Å². The number of hydrogen-bond acceptors (Lipinski definition) is 3. The van der Waals surface area contributed by atoms with Gasteiger partial charge >= 0.3 is 0 Å². The van der Waals surface area contributed by atoms with Gasteiger partial charge in [-0.2, -0.15) is 0 Å². The Hall–Kier alpha value is -0.870. The highest BCUT2D eigenvalue weighted by molar-refractivity contribution is 7.91. The highest BCUT2D eigenvalue weighted by Crippen LogP contribution is 2.26. The van der Waals surface area contributed by atoms with Crippen molar-refractivity contribution >= 4 is 9.84 Å². The lowest BCUT2D eigenvalue weighted by Crippen LogP contribution is -2.44. The van der Waals surface area contributed by atoms with Crippen LogP contribution in [-0.4, -0.2) is 25.5 Å². The molecule has 2 unspecified atom stereocenters. The second kappa shape index (κ2) is 5.86. The SMILES string of the molecule is CCCc1ccc(C(C)NC2(C)CCS(=O)(=O)C2)cc1. The van der Waals surface area contributed by atoms with Crippen LogP contribution in [0.15, 0.2) is 24.3 Å². The van der Waals surface area contributed by atoms with Crippen LogP contribution in [0.2, 0.25) is 0 Å². The smallest absolute Gasteiger partial charge is 0.152 e. The predicted octanol–water partition coefficient (Wildman–Crippen LogP) is 2.87. The molecule has 112 valence electrons. The molecule has 2 atom stereocenters. The minimum Gasteiger partial charge on any atom is -0.304 e. The summed E-state index contributed by atoms with van der Waals surface area (Å²) in [5.74, 6) is 0.552. The molecule has 1 saturated heterocycles. The average Bonchev–Trinajstić information content (AvgIpc) is 2.64. The van der Waals surface area contributed by atoms with Crippen molar-refractivity contribution < 1.29 is 8.42 Å². The summed E-state index contributed by atoms with van der Waals surface area (Å²) in [6.45, 7) is 6.30. The molecule has 4 heteroatoms. The standard InChI is InChI=1S/C16H25NO2S/c1-4-5-14-6-8-15(9-7-14)13(2)17-16(3)10-11-20(18,19)12-16/h6-9,13,17H,4-5,10-12H2,1-3H3. The molecule has 0 aromatic heterocycles. The Kier molecular flexibility index (Phi) is 4.55. The third-order valence-electron chi connectivity index (χ3n) is 4.09. The van der Waals surface area contributed by atoms with E-state index in [1.54, 1.807) is 0 Å². The lowest BCUT2D eigenvalue weighted by Gasteiger charge is -2.29. The van der Waals surface area contributed by atoms with Gasteiger partial charge in [0.15, 0.2) is 9.84 Å². The number of sulfone groups is 1. The molecule has 0 aliphatic carbocycles. The molecule has 1 aromatic carbocycles. The summed E-state index contributed by atoms with van der Waals surface area (Å²) >= 11 is 0. The van der Waals surface area contributed by atoms with E-state index in [9.17, 15) is 8.42 Å². The molecule has 3 nitrogen and oxygen atoms in total. The molecular weight excluding hydrogens is 270 g/mol. The molecule has 0 spiro atoms. The summed E-state index contributed by atoms with van der Waals surface area (Å²) in [7, 11) is -2.86. The van der Waals surface area contributed by atoms with E-state index in [2.05, 4.69) is 43.4 Å². The van der Waals surface area contributed by atoms with Crippen LogP contribution in [0.3, 0.4) is 0 Å². The fraction of sp³-hybridized carbons (Fsp3) is 0.625. The van der Waals surface area contributed by atoms with Gasteiger partial charge in [-0.25, -0.2) is 8.42 Å². The first-order valence-electron chi connectivity index (χ1n) is 7.40. The van der Waals surface area contributed by atoms with Gasteiger partial charge < -0.3 is 5.32 Å². The largest absolute Gasteiger partial charge is 0.304 e. The van der Waals surface area contributed by atoms with Gasteiger partial charge in [0.1, 0.15) is 0 Å². The van der Waals surface area contributed by atoms with Crippen molar-refractivity contribution in [3.63, 3.8) is 0 Å². The molecule has 1 aliphatic rings. The maximum atomic E-state index is 11.6. The minimum absolute atomic E-state index is 0.170. The summed E-state index contributed by atoms with van der Waals surface area (Å²) < 4.78 is 23.3. The monoisotopic (exact) mass is 295 g/mol. The lowest BCUT2D eigenvalue weighted by atomic mass is 9.97. The van der Waals surface area contributed by atoms with Crippen LogP contribution in [0.25, 0.3) is 0 Å². The minimum atomic E-state index is -2.86. The van der Waals surface area contributed by atoms with E-state index in [0.717, 1.165) is 12.8 Å². The normalized spacial score (nSPS) is 26.6. The quantitative estimate of drug-likeness (QED) is 0.908. The number of aryl methyl sites for hydroxylation is 1. The number of nitrogens with one attached hydrogen (secondary N) is 1. The van der Waals surface area contributed by atoms with Crippen molar-refractivity contribution in [2.24, 2.45) is 0 Å². The van der Waals surface area contributed by atoms with Gasteiger partial charge in [0.05, 0.1) is 11.5 Å². The van der Waals surface area contributed by atoms with Crippen LogP contribution < -0.4 is 5.32 Å². The molecule has 0 bridgehead atoms. The molecule has 1 aromatic rings. The van der Waals surface area contributed by atoms with Crippen molar-refractivity contribution in [1.82, 2.24) is 5.32 Å². The average molecular weight is 295 g/mol. The fourth-order valence-corrected chi connectivity index (χ4v) is 5.10. The van der Waals surface area contributed by atoms with Gasteiger partial charge in [0, 0.05) is 11.6 Å². The molecule has 1 aliphatic heterocycles. The molecule has 1 N–H and O–H groups in total. The summed E-state index contributed by atoms with van der Waals surface area (Å²) in [6.07, 6.45) is 2.97. The van der Waals surface area contributed by atoms with E-state index in [1.165, 1.54) is 11.1 Å². The van der Waals surface area contributed by atoms with Gasteiger partial charge in [0.2, 0.25) is 0 Å². The summed E-state index contributed by atoms with van der Waals surface area (Å²) in [5, 5.41) is 3.50. The second-order valence-electron chi connectivity index (χ2n) is 6.26. The van der Waals surface area contributed by atoms with Crippen LogP contribution >= 0.6 is 0 Å². The van der Waals surface area contributed by atoms with Crippen LogP contribution in [-0.2, 0) is 16.3 Å². The van der Waals surface area contributed by atoms with E-state index in [4.69, 9.17) is 0 Å². The zero-order chi connectivity index (χ0) is 14.8. The second-order valence-corrected chi connectivity index (χ2v) is 8.44. The molecule has 0 saturated carbocycles. The first kappa shape index (κ1) is 15.5. The van der Waals surface area contributed by atoms with Crippen LogP contribution in [0.5, 0.6) is 0 Å². The van der Waals surface area contributed by atoms with Crippen molar-refractivity contribution in [2.45, 2.75) is 51.6 Å². The zero-order valence-electron chi connectivity index (χ0n) is 12.6. The summed E-state index contributed by atoms with van der Waals surface area (Å²) in [4.78, 5) is 0. The maximum Gasteiger partial charge on any atom is 0.152 e. The third kappa shape index (κ3) is 3.83. The molecule has 1 fully saturated rings. The Labute approximate surface area is 122 Å². The highest BCUT2D eigenvalue weighted by atomic mass is 32.2. The Morgan fingerprint density at radius 3 is 2.45 bits per heavy atom. The molecule has 2 rings (SSSR count). The predicted molar refractivity (Wildman–Crippen MR) is 83.7 cm³/mol. The number of hydrogen-bond donors (Lipinski definition) is 1. The van der Waals surface area contributed by atoms with Gasteiger partial charge in [-0.05, 0) is 37.8 Å². The fourth-order valence-electron chi connectivity index (χ4n) is 2.99. The summed E-state index contributed by atoms with van der Waals surface area (Å²) in [5.41, 5.74) is 2.29. The zero-order valence-corrected chi connectivity index (χ0v) is 13.5. The molecule has 1 heterocycles. The Morgan fingerprint density at radius 2 is 1.95 bits per heavy atom. The molecular formula is C16H25NO2S. The summed E-state index contributed by atoms with van der Waals surface area (Å²) in [6, 6.07) is 8.81. The molecule has 0 radical (unpaired) electrons. The Morgan fingerprint density at radius 1 is 1.30 bits per heavy atom. The van der Waals surface area contributed by atoms with E-state index in [0.29, 0.717) is 12.2 Å². The number of rotatable bonds is 5.